The van der Waals surface area contributed by atoms with Gasteiger partial charge in [-0.3, -0.25) is 5.41 Å². The van der Waals surface area contributed by atoms with Crippen LogP contribution in [-0.2, 0) is 4.79 Å². The van der Waals surface area contributed by atoms with Crippen LogP contribution in [0.25, 0.3) is 11.0 Å². The van der Waals surface area contributed by atoms with Gasteiger partial charge in [0.25, 0.3) is 0 Å². The molecule has 0 bridgehead atoms. The van der Waals surface area contributed by atoms with Crippen LogP contribution in [-0.4, -0.2) is 18.7 Å². The topological polar surface area (TPSA) is 123 Å². The van der Waals surface area contributed by atoms with Gasteiger partial charge < -0.3 is 20.7 Å². The molecule has 132 valence electrons. The van der Waals surface area contributed by atoms with Crippen LogP contribution in [0.1, 0.15) is 39.0 Å². The maximum absolute atomic E-state index is 10.7. The Balaban J connectivity index is 0.000000400. The minimum absolute atomic E-state index is 0.243. The summed E-state index contributed by atoms with van der Waals surface area (Å²) in [4.78, 5) is 21.2. The van der Waals surface area contributed by atoms with Crippen LogP contribution in [0.15, 0.2) is 45.6 Å². The Morgan fingerprint density at radius 1 is 1.04 bits per heavy atom. The molecule has 2 rings (SSSR count). The Labute approximate surface area is 142 Å². The summed E-state index contributed by atoms with van der Waals surface area (Å²) in [5.41, 5.74) is 9.99. The molecule has 0 spiro atoms. The fourth-order valence-electron chi connectivity index (χ4n) is 1.88. The van der Waals surface area contributed by atoms with E-state index in [1.165, 1.54) is 13.1 Å². The van der Waals surface area contributed by atoms with Crippen LogP contribution in [0.5, 0.6) is 0 Å². The number of ketones is 1. The number of carbonyl (C=O) groups excluding carboxylic acids is 1. The van der Waals surface area contributed by atoms with Crippen molar-refractivity contribution in [2.75, 3.05) is 7.05 Å². The van der Waals surface area contributed by atoms with E-state index in [9.17, 15) is 9.59 Å². The molecular weight excluding hydrogens is 306 g/mol. The van der Waals surface area contributed by atoms with Crippen LogP contribution in [0, 0.1) is 5.41 Å². The van der Waals surface area contributed by atoms with Crippen LogP contribution < -0.4 is 17.1 Å². The first kappa shape index (κ1) is 21.5. The maximum atomic E-state index is 10.7. The summed E-state index contributed by atoms with van der Waals surface area (Å²) >= 11 is 0. The van der Waals surface area contributed by atoms with Gasteiger partial charge >= 0.3 is 5.63 Å². The monoisotopic (exact) mass is 333 g/mol. The number of unbranched alkanes of at least 4 members (excludes halogenated alkanes) is 2. The van der Waals surface area contributed by atoms with Gasteiger partial charge in [-0.25, -0.2) is 4.79 Å². The number of benzene rings is 1. The number of nitrogens with one attached hydrogen (secondary N) is 1. The highest BCUT2D eigenvalue weighted by Crippen LogP contribution is 2.09. The van der Waals surface area contributed by atoms with E-state index in [0.29, 0.717) is 18.4 Å². The van der Waals surface area contributed by atoms with Crippen LogP contribution >= 0.6 is 0 Å². The van der Waals surface area contributed by atoms with Crippen molar-refractivity contribution < 1.29 is 9.21 Å². The highest BCUT2D eigenvalue weighted by atomic mass is 16.4. The average molecular weight is 333 g/mol. The van der Waals surface area contributed by atoms with Crippen molar-refractivity contribution in [1.29, 1.82) is 5.41 Å². The Kier molecular flexibility index (Phi) is 11.7. The lowest BCUT2D eigenvalue weighted by molar-refractivity contribution is -0.117. The number of carbonyl (C=O) groups is 1. The minimum atomic E-state index is -0.302. The Morgan fingerprint density at radius 2 is 1.67 bits per heavy atom. The molecule has 1 heterocycles. The van der Waals surface area contributed by atoms with E-state index in [0.717, 1.165) is 24.6 Å². The predicted molar refractivity (Wildman–Crippen MR) is 98.3 cm³/mol. The van der Waals surface area contributed by atoms with Crippen molar-refractivity contribution in [2.45, 2.75) is 39.0 Å². The summed E-state index contributed by atoms with van der Waals surface area (Å²) in [6, 6.07) is 10.6. The number of hydrogen-bond acceptors (Lipinski definition) is 5. The maximum Gasteiger partial charge on any atom is 0.336 e. The molecule has 0 saturated carbocycles. The number of rotatable bonds is 6. The summed E-state index contributed by atoms with van der Waals surface area (Å²) in [6.45, 7) is 1.60. The largest absolute Gasteiger partial charge is 0.423 e. The first-order valence-corrected chi connectivity index (χ1v) is 7.88. The summed E-state index contributed by atoms with van der Waals surface area (Å²) in [5.74, 6) is 0.487. The van der Waals surface area contributed by atoms with E-state index in [1.54, 1.807) is 19.1 Å². The molecule has 6 nitrogen and oxygen atoms in total. The molecule has 0 amide bonds. The Morgan fingerprint density at radius 3 is 2.29 bits per heavy atom. The van der Waals surface area contributed by atoms with Gasteiger partial charge in [-0.05, 0) is 38.9 Å². The highest BCUT2D eigenvalue weighted by molar-refractivity contribution is 5.77. The third-order valence-electron chi connectivity index (χ3n) is 3.00. The number of Topliss-reactive ketones (excluding diaryl/α,β-unsaturated/α-hetero) is 1. The van der Waals surface area contributed by atoms with Crippen molar-refractivity contribution in [1.82, 2.24) is 0 Å². The van der Waals surface area contributed by atoms with Crippen LogP contribution in [0.3, 0.4) is 0 Å². The van der Waals surface area contributed by atoms with E-state index >= 15 is 0 Å². The SMILES string of the molecule is CC(=O)CCCCCC(=N)N.CN.O=c1ccc2ccccc2o1. The van der Waals surface area contributed by atoms with Gasteiger partial charge in [0, 0.05) is 24.3 Å². The molecule has 0 radical (unpaired) electrons. The Hall–Kier alpha value is -2.47. The van der Waals surface area contributed by atoms with E-state index in [2.05, 4.69) is 5.73 Å². The average Bonchev–Trinajstić information content (AvgIpc) is 2.56. The molecule has 1 aromatic carbocycles. The standard InChI is InChI=1S/C9H6O2.C8H16N2O.CH5N/c10-9-6-5-7-3-1-2-4-8(7)11-9;1-7(11)5-3-2-4-6-8(9)10;1-2/h1-6H;2-6H2,1H3,(H3,9,10);2H2,1H3. The molecule has 1 aromatic heterocycles. The normalized spacial score (nSPS) is 9.29. The second-order valence-electron chi connectivity index (χ2n) is 5.08. The summed E-state index contributed by atoms with van der Waals surface area (Å²) < 4.78 is 4.91. The number of fused-ring (bicyclic) bond motifs is 1. The van der Waals surface area contributed by atoms with Gasteiger partial charge in [-0.15, -0.1) is 0 Å². The first-order chi connectivity index (χ1) is 11.5. The lowest BCUT2D eigenvalue weighted by Crippen LogP contribution is -2.08. The number of nitrogens with two attached hydrogens (primary N) is 2. The van der Waals surface area contributed by atoms with Gasteiger partial charge in [0.05, 0.1) is 5.84 Å². The summed E-state index contributed by atoms with van der Waals surface area (Å²) in [6.07, 6.45) is 4.19. The van der Waals surface area contributed by atoms with Crippen LogP contribution in [0.4, 0.5) is 0 Å². The van der Waals surface area contributed by atoms with Crippen molar-refractivity contribution in [3.8, 4) is 0 Å². The van der Waals surface area contributed by atoms with E-state index in [4.69, 9.17) is 15.6 Å². The zero-order chi connectivity index (χ0) is 18.4. The summed E-state index contributed by atoms with van der Waals surface area (Å²) in [5, 5.41) is 7.88. The molecule has 6 heteroatoms. The fraction of sp³-hybridized carbons (Fsp3) is 0.389. The van der Waals surface area contributed by atoms with Crippen molar-refractivity contribution >= 4 is 22.6 Å². The molecule has 0 aliphatic rings. The quantitative estimate of drug-likeness (QED) is 0.324. The lowest BCUT2D eigenvalue weighted by atomic mass is 10.1. The molecule has 5 N–H and O–H groups in total. The highest BCUT2D eigenvalue weighted by Gasteiger charge is 1.94. The molecule has 2 aromatic rings. The second-order valence-corrected chi connectivity index (χ2v) is 5.08. The molecule has 0 unspecified atom stereocenters. The van der Waals surface area contributed by atoms with Crippen molar-refractivity contribution in [3.05, 3.63) is 46.8 Å². The molecule has 0 fully saturated rings. The second kappa shape index (κ2) is 13.0. The molecule has 0 aliphatic carbocycles. The smallest absolute Gasteiger partial charge is 0.336 e. The number of hydrogen-bond donors (Lipinski definition) is 3. The van der Waals surface area contributed by atoms with E-state index in [-0.39, 0.29) is 17.2 Å². The molecule has 0 aliphatic heterocycles. The molecule has 0 atom stereocenters. The van der Waals surface area contributed by atoms with Crippen molar-refractivity contribution in [2.24, 2.45) is 11.5 Å². The van der Waals surface area contributed by atoms with Gasteiger partial charge in [0.15, 0.2) is 0 Å². The lowest BCUT2D eigenvalue weighted by Gasteiger charge is -1.97. The van der Waals surface area contributed by atoms with E-state index in [1.807, 2.05) is 18.2 Å². The first-order valence-electron chi connectivity index (χ1n) is 7.88. The molecular formula is C18H27N3O3. The van der Waals surface area contributed by atoms with Gasteiger partial charge in [-0.1, -0.05) is 24.6 Å². The fourth-order valence-corrected chi connectivity index (χ4v) is 1.88. The third-order valence-corrected chi connectivity index (χ3v) is 3.00. The molecule has 0 saturated heterocycles. The summed E-state index contributed by atoms with van der Waals surface area (Å²) in [7, 11) is 1.50. The predicted octanol–water partition coefficient (Wildman–Crippen LogP) is 2.83. The number of amidine groups is 1. The van der Waals surface area contributed by atoms with Gasteiger partial charge in [0.1, 0.15) is 11.4 Å². The zero-order valence-corrected chi connectivity index (χ0v) is 14.4. The van der Waals surface area contributed by atoms with Crippen LogP contribution in [0.2, 0.25) is 0 Å². The van der Waals surface area contributed by atoms with Crippen molar-refractivity contribution in [3.63, 3.8) is 0 Å². The van der Waals surface area contributed by atoms with E-state index < -0.39 is 0 Å². The molecule has 24 heavy (non-hydrogen) atoms. The zero-order valence-electron chi connectivity index (χ0n) is 14.4. The minimum Gasteiger partial charge on any atom is -0.423 e. The number of para-hydroxylation sites is 1. The van der Waals surface area contributed by atoms with Gasteiger partial charge in [-0.2, -0.15) is 0 Å². The Bertz CT molecular complexity index is 664. The third kappa shape index (κ3) is 10.3. The van der Waals surface area contributed by atoms with Gasteiger partial charge in [0.2, 0.25) is 0 Å².